The molecule has 144 valence electrons. The Morgan fingerprint density at radius 2 is 2.19 bits per heavy atom. The lowest BCUT2D eigenvalue weighted by atomic mass is 10.0. The molecule has 1 N–H and O–H groups in total. The molecule has 2 aromatic rings. The van der Waals surface area contributed by atoms with Crippen LogP contribution in [-0.2, 0) is 27.2 Å². The third kappa shape index (κ3) is 4.43. The maximum atomic E-state index is 12.5. The molecule has 3 rings (SSSR count). The monoisotopic (exact) mass is 410 g/mol. The molecule has 0 unspecified atom stereocenters. The third-order valence-corrected chi connectivity index (χ3v) is 5.78. The predicted molar refractivity (Wildman–Crippen MR) is 104 cm³/mol. The number of fused-ring (bicyclic) bond motifs is 1. The Morgan fingerprint density at radius 3 is 2.89 bits per heavy atom. The van der Waals surface area contributed by atoms with Gasteiger partial charge >= 0.3 is 12.1 Å². The molecule has 0 bridgehead atoms. The summed E-state index contributed by atoms with van der Waals surface area (Å²) < 4.78 is 15.3. The molecule has 27 heavy (non-hydrogen) atoms. The molecule has 0 saturated carbocycles. The summed E-state index contributed by atoms with van der Waals surface area (Å²) in [5, 5.41) is 1.09. The van der Waals surface area contributed by atoms with Gasteiger partial charge in [-0.2, -0.15) is 0 Å². The third-order valence-electron chi connectivity index (χ3n) is 4.32. The minimum absolute atomic E-state index is 0.323. The first-order valence-electron chi connectivity index (χ1n) is 8.58. The van der Waals surface area contributed by atoms with Gasteiger partial charge < -0.3 is 14.3 Å². The van der Waals surface area contributed by atoms with E-state index < -0.39 is 12.2 Å². The fourth-order valence-corrected chi connectivity index (χ4v) is 4.36. The lowest BCUT2D eigenvalue weighted by molar-refractivity contribution is -0.147. The Morgan fingerprint density at radius 1 is 1.41 bits per heavy atom. The average Bonchev–Trinajstić information content (AvgIpc) is 3.04. The minimum atomic E-state index is -0.579. The van der Waals surface area contributed by atoms with E-state index in [0.29, 0.717) is 29.8 Å². The molecule has 1 atom stereocenters. The molecule has 2 heterocycles. The summed E-state index contributed by atoms with van der Waals surface area (Å²) in [6.07, 6.45) is 0.299. The van der Waals surface area contributed by atoms with Gasteiger partial charge in [0.2, 0.25) is 0 Å². The van der Waals surface area contributed by atoms with Crippen LogP contribution in [0.2, 0.25) is 5.02 Å². The summed E-state index contributed by atoms with van der Waals surface area (Å²) in [5.74, 6) is -0.347. The van der Waals surface area contributed by atoms with Crippen molar-refractivity contribution < 1.29 is 23.8 Å². The normalized spacial score (nSPS) is 14.9. The SMILES string of the molecule is CCOC(=[OH+])Oc1cc2c(s1)CCN([C@H](C(=O)OC)c1ccccc1Cl)C2. The standard InChI is InChI=1S/C19H20ClNO5S/c1-3-25-19(23)26-16-10-12-11-21(9-8-15(12)27-16)17(18(22)24-2)13-6-4-5-7-14(13)20/h4-7,10,17H,3,8-9,11H2,1-2H3/p+1/t17-/m0/s1. The highest BCUT2D eigenvalue weighted by Crippen LogP contribution is 2.37. The van der Waals surface area contributed by atoms with Gasteiger partial charge in [0.25, 0.3) is 5.06 Å². The zero-order chi connectivity index (χ0) is 19.4. The van der Waals surface area contributed by atoms with E-state index in [2.05, 4.69) is 0 Å². The fourth-order valence-electron chi connectivity index (χ4n) is 3.12. The Kier molecular flexibility index (Phi) is 6.36. The summed E-state index contributed by atoms with van der Waals surface area (Å²) in [4.78, 5) is 25.3. The lowest BCUT2D eigenvalue weighted by Crippen LogP contribution is -2.38. The molecular formula is C19H21ClNO5S+. The molecule has 0 aliphatic carbocycles. The predicted octanol–water partition coefficient (Wildman–Crippen LogP) is 3.55. The van der Waals surface area contributed by atoms with Gasteiger partial charge in [-0.1, -0.05) is 41.1 Å². The number of esters is 1. The summed E-state index contributed by atoms with van der Waals surface area (Å²) in [6.45, 7) is 3.32. The van der Waals surface area contributed by atoms with Crippen molar-refractivity contribution in [1.82, 2.24) is 4.90 Å². The Balaban J connectivity index is 1.82. The largest absolute Gasteiger partial charge is 0.719 e. The molecule has 0 radical (unpaired) electrons. The maximum Gasteiger partial charge on any atom is 0.719 e. The molecule has 8 heteroatoms. The number of methoxy groups -OCH3 is 1. The number of carbonyl (C=O) groups excluding carboxylic acids is 2. The van der Waals surface area contributed by atoms with Gasteiger partial charge in [-0.05, 0) is 30.5 Å². The van der Waals surface area contributed by atoms with Gasteiger partial charge in [0.15, 0.2) is 6.61 Å². The Labute approximate surface area is 166 Å². The van der Waals surface area contributed by atoms with Gasteiger partial charge in [0.1, 0.15) is 6.04 Å². The van der Waals surface area contributed by atoms with Crippen molar-refractivity contribution in [3.05, 3.63) is 51.4 Å². The quantitative estimate of drug-likeness (QED) is 0.557. The van der Waals surface area contributed by atoms with Crippen LogP contribution in [0, 0.1) is 0 Å². The van der Waals surface area contributed by atoms with Crippen LogP contribution in [0.3, 0.4) is 0 Å². The van der Waals surface area contributed by atoms with Crippen molar-refractivity contribution in [1.29, 1.82) is 0 Å². The van der Waals surface area contributed by atoms with Crippen LogP contribution in [0.15, 0.2) is 30.3 Å². The van der Waals surface area contributed by atoms with Crippen molar-refractivity contribution in [3.63, 3.8) is 0 Å². The first kappa shape index (κ1) is 19.7. The number of hydrogen-bond donors (Lipinski definition) is 0. The first-order valence-corrected chi connectivity index (χ1v) is 9.77. The maximum absolute atomic E-state index is 12.5. The molecule has 1 aromatic heterocycles. The van der Waals surface area contributed by atoms with Crippen molar-refractivity contribution in [3.8, 4) is 5.06 Å². The summed E-state index contributed by atoms with van der Waals surface area (Å²) in [6, 6.07) is 8.59. The highest BCUT2D eigenvalue weighted by molar-refractivity contribution is 7.14. The first-order chi connectivity index (χ1) is 13.0. The summed E-state index contributed by atoms with van der Waals surface area (Å²) >= 11 is 7.80. The molecule has 6 nitrogen and oxygen atoms in total. The van der Waals surface area contributed by atoms with Crippen LogP contribution in [0.5, 0.6) is 5.06 Å². The lowest BCUT2D eigenvalue weighted by Gasteiger charge is -2.33. The number of nitrogens with zero attached hydrogens (tertiary/aromatic N) is 1. The van der Waals surface area contributed by atoms with E-state index in [1.165, 1.54) is 18.4 Å². The van der Waals surface area contributed by atoms with Crippen molar-refractivity contribution in [2.75, 3.05) is 20.3 Å². The van der Waals surface area contributed by atoms with E-state index >= 15 is 0 Å². The number of carbonyl (C=O) groups is 1. The van der Waals surface area contributed by atoms with Gasteiger partial charge in [-0.3, -0.25) is 9.64 Å². The Bertz CT molecular complexity index is 837. The van der Waals surface area contributed by atoms with Gasteiger partial charge in [-0.15, -0.1) is 0 Å². The summed E-state index contributed by atoms with van der Waals surface area (Å²) in [7, 11) is 1.38. The second-order valence-electron chi connectivity index (χ2n) is 5.98. The molecule has 0 amide bonds. The van der Waals surface area contributed by atoms with E-state index in [0.717, 1.165) is 22.4 Å². The zero-order valence-corrected chi connectivity index (χ0v) is 16.7. The topological polar surface area (TPSA) is 69.4 Å². The van der Waals surface area contributed by atoms with Crippen LogP contribution in [-0.4, -0.2) is 42.1 Å². The fraction of sp³-hybridized carbons (Fsp3) is 0.368. The number of rotatable bonds is 5. The second-order valence-corrected chi connectivity index (χ2v) is 7.49. The van der Waals surface area contributed by atoms with Gasteiger partial charge in [0.05, 0.1) is 7.11 Å². The number of ether oxygens (including phenoxy) is 3. The number of thiophene rings is 1. The van der Waals surface area contributed by atoms with E-state index in [9.17, 15) is 9.59 Å². The van der Waals surface area contributed by atoms with Crippen LogP contribution in [0.25, 0.3) is 0 Å². The van der Waals surface area contributed by atoms with E-state index in [1.54, 1.807) is 13.0 Å². The zero-order valence-electron chi connectivity index (χ0n) is 15.1. The van der Waals surface area contributed by atoms with Crippen LogP contribution >= 0.6 is 22.9 Å². The number of hydrogen-bond acceptors (Lipinski definition) is 6. The van der Waals surface area contributed by atoms with E-state index in [4.69, 9.17) is 25.8 Å². The molecular weight excluding hydrogens is 390 g/mol. The Hall–Kier alpha value is -2.09. The van der Waals surface area contributed by atoms with Crippen LogP contribution in [0.4, 0.5) is 0 Å². The molecule has 0 fully saturated rings. The van der Waals surface area contributed by atoms with Gasteiger partial charge in [-0.25, -0.2) is 4.79 Å². The van der Waals surface area contributed by atoms with E-state index in [-0.39, 0.29) is 5.97 Å². The molecule has 0 spiro atoms. The van der Waals surface area contributed by atoms with Crippen molar-refractivity contribution in [2.24, 2.45) is 0 Å². The van der Waals surface area contributed by atoms with Crippen molar-refractivity contribution in [2.45, 2.75) is 25.9 Å². The minimum Gasteiger partial charge on any atom is -0.468 e. The molecule has 0 saturated heterocycles. The second kappa shape index (κ2) is 8.73. The molecule has 1 aliphatic rings. The number of benzene rings is 1. The average molecular weight is 411 g/mol. The van der Waals surface area contributed by atoms with E-state index in [1.807, 2.05) is 29.2 Å². The smallest absolute Gasteiger partial charge is 0.468 e. The molecule has 1 aliphatic heterocycles. The molecule has 1 aromatic carbocycles. The summed E-state index contributed by atoms with van der Waals surface area (Å²) in [5.41, 5.74) is 1.77. The highest BCUT2D eigenvalue weighted by Gasteiger charge is 2.34. The number of halogens is 1. The van der Waals surface area contributed by atoms with Crippen LogP contribution in [0.1, 0.15) is 29.0 Å². The van der Waals surface area contributed by atoms with Gasteiger partial charge in [0, 0.05) is 29.1 Å². The van der Waals surface area contributed by atoms with Crippen LogP contribution < -0.4 is 4.74 Å². The van der Waals surface area contributed by atoms with Crippen molar-refractivity contribution >= 4 is 35.1 Å². The highest BCUT2D eigenvalue weighted by atomic mass is 35.5.